The van der Waals surface area contributed by atoms with Crippen molar-refractivity contribution >= 4 is 12.4 Å². The van der Waals surface area contributed by atoms with Gasteiger partial charge in [0.05, 0.1) is 0 Å². The van der Waals surface area contributed by atoms with Gasteiger partial charge in [0, 0.05) is 24.7 Å². The Hall–Kier alpha value is -0.710. The van der Waals surface area contributed by atoms with Gasteiger partial charge in [0.15, 0.2) is 11.6 Å². The quantitative estimate of drug-likeness (QED) is 0.927. The van der Waals surface area contributed by atoms with Crippen LogP contribution in [-0.2, 0) is 6.54 Å². The molecule has 1 aliphatic heterocycles. The zero-order valence-corrected chi connectivity index (χ0v) is 11.9. The summed E-state index contributed by atoms with van der Waals surface area (Å²) in [5, 5.41) is 0. The van der Waals surface area contributed by atoms with Crippen LogP contribution in [0.3, 0.4) is 0 Å². The lowest BCUT2D eigenvalue weighted by Gasteiger charge is -2.39. The average molecular weight is 291 g/mol. The van der Waals surface area contributed by atoms with Crippen LogP contribution in [0, 0.1) is 17.6 Å². The molecule has 0 spiro atoms. The molecule has 5 heteroatoms. The normalized spacial score (nSPS) is 24.0. The summed E-state index contributed by atoms with van der Waals surface area (Å²) in [7, 11) is 0. The molecule has 1 aromatic rings. The predicted octanol–water partition coefficient (Wildman–Crippen LogP) is 2.95. The third kappa shape index (κ3) is 3.65. The van der Waals surface area contributed by atoms with Crippen LogP contribution in [0.1, 0.15) is 25.3 Å². The molecule has 0 bridgehead atoms. The molecule has 2 N–H and O–H groups in total. The van der Waals surface area contributed by atoms with Crippen LogP contribution in [0.5, 0.6) is 0 Å². The van der Waals surface area contributed by atoms with Gasteiger partial charge in [-0.2, -0.15) is 0 Å². The second-order valence-corrected chi connectivity index (χ2v) is 5.11. The number of piperidine rings is 1. The minimum atomic E-state index is -0.776. The van der Waals surface area contributed by atoms with Crippen LogP contribution in [-0.4, -0.2) is 24.0 Å². The second kappa shape index (κ2) is 7.17. The van der Waals surface area contributed by atoms with Crippen LogP contribution in [0.25, 0.3) is 0 Å². The highest BCUT2D eigenvalue weighted by molar-refractivity contribution is 5.85. The third-order valence-corrected chi connectivity index (χ3v) is 3.88. The molecule has 1 saturated heterocycles. The van der Waals surface area contributed by atoms with Crippen LogP contribution in [0.2, 0.25) is 0 Å². The zero-order chi connectivity index (χ0) is 13.1. The fourth-order valence-corrected chi connectivity index (χ4v) is 2.80. The van der Waals surface area contributed by atoms with Crippen LogP contribution in [0.4, 0.5) is 8.78 Å². The fourth-order valence-electron chi connectivity index (χ4n) is 2.80. The van der Waals surface area contributed by atoms with Gasteiger partial charge >= 0.3 is 0 Å². The van der Waals surface area contributed by atoms with E-state index >= 15 is 0 Å². The molecule has 2 rings (SSSR count). The lowest BCUT2D eigenvalue weighted by molar-refractivity contribution is 0.0976. The summed E-state index contributed by atoms with van der Waals surface area (Å²) in [6.45, 7) is 4.09. The van der Waals surface area contributed by atoms with E-state index in [1.807, 2.05) is 0 Å². The lowest BCUT2D eigenvalue weighted by atomic mass is 9.90. The Kier molecular flexibility index (Phi) is 6.17. The third-order valence-electron chi connectivity index (χ3n) is 3.88. The molecule has 0 amide bonds. The Morgan fingerprint density at radius 3 is 2.79 bits per heavy atom. The molecule has 1 fully saturated rings. The van der Waals surface area contributed by atoms with E-state index in [4.69, 9.17) is 5.73 Å². The first-order chi connectivity index (χ1) is 8.63. The Balaban J connectivity index is 0.00000180. The van der Waals surface area contributed by atoms with E-state index in [9.17, 15) is 8.78 Å². The van der Waals surface area contributed by atoms with E-state index in [-0.39, 0.29) is 18.4 Å². The van der Waals surface area contributed by atoms with Crippen molar-refractivity contribution < 1.29 is 8.78 Å². The first-order valence-corrected chi connectivity index (χ1v) is 6.50. The van der Waals surface area contributed by atoms with Crippen molar-refractivity contribution in [2.45, 2.75) is 32.4 Å². The Bertz CT molecular complexity index is 414. The van der Waals surface area contributed by atoms with Gasteiger partial charge in [-0.1, -0.05) is 19.1 Å². The molecule has 1 heterocycles. The van der Waals surface area contributed by atoms with Crippen LogP contribution >= 0.6 is 12.4 Å². The lowest BCUT2D eigenvalue weighted by Crippen LogP contribution is -2.48. The van der Waals surface area contributed by atoms with E-state index in [1.165, 1.54) is 0 Å². The number of rotatable bonds is 3. The summed E-state index contributed by atoms with van der Waals surface area (Å²) in [5.41, 5.74) is 6.22. The maximum Gasteiger partial charge on any atom is 0.163 e. The average Bonchev–Trinajstić information content (AvgIpc) is 2.35. The van der Waals surface area contributed by atoms with Gasteiger partial charge in [0.25, 0.3) is 0 Å². The number of nitrogens with two attached hydrogens (primary N) is 1. The number of hydrogen-bond donors (Lipinski definition) is 1. The van der Waals surface area contributed by atoms with Gasteiger partial charge < -0.3 is 5.73 Å². The SMILES string of the molecule is CC1CCCN(Cc2cccc(F)c2F)C1CN.Cl. The van der Waals surface area contributed by atoms with Crippen molar-refractivity contribution in [3.63, 3.8) is 0 Å². The van der Waals surface area contributed by atoms with Gasteiger partial charge in [-0.05, 0) is 31.4 Å². The summed E-state index contributed by atoms with van der Waals surface area (Å²) in [4.78, 5) is 2.17. The summed E-state index contributed by atoms with van der Waals surface area (Å²) < 4.78 is 26.8. The maximum atomic E-state index is 13.7. The summed E-state index contributed by atoms with van der Waals surface area (Å²) >= 11 is 0. The van der Waals surface area contributed by atoms with E-state index in [0.29, 0.717) is 24.6 Å². The second-order valence-electron chi connectivity index (χ2n) is 5.11. The van der Waals surface area contributed by atoms with Gasteiger partial charge in [-0.3, -0.25) is 4.90 Å². The smallest absolute Gasteiger partial charge is 0.163 e. The van der Waals surface area contributed by atoms with E-state index in [0.717, 1.165) is 25.5 Å². The molecular weight excluding hydrogens is 270 g/mol. The number of likely N-dealkylation sites (tertiary alicyclic amines) is 1. The highest BCUT2D eigenvalue weighted by Crippen LogP contribution is 2.25. The Morgan fingerprint density at radius 1 is 1.37 bits per heavy atom. The molecule has 108 valence electrons. The van der Waals surface area contributed by atoms with Crippen molar-refractivity contribution in [1.82, 2.24) is 4.90 Å². The molecule has 19 heavy (non-hydrogen) atoms. The minimum Gasteiger partial charge on any atom is -0.329 e. The van der Waals surface area contributed by atoms with Gasteiger partial charge in [-0.15, -0.1) is 12.4 Å². The predicted molar refractivity (Wildman–Crippen MR) is 75.3 cm³/mol. The highest BCUT2D eigenvalue weighted by Gasteiger charge is 2.27. The molecule has 0 aromatic heterocycles. The topological polar surface area (TPSA) is 29.3 Å². The fraction of sp³-hybridized carbons (Fsp3) is 0.571. The molecule has 0 saturated carbocycles. The molecule has 0 aliphatic carbocycles. The summed E-state index contributed by atoms with van der Waals surface area (Å²) in [6, 6.07) is 4.61. The number of hydrogen-bond acceptors (Lipinski definition) is 2. The molecule has 2 unspecified atom stereocenters. The molecule has 2 atom stereocenters. The van der Waals surface area contributed by atoms with Gasteiger partial charge in [-0.25, -0.2) is 8.78 Å². The summed E-state index contributed by atoms with van der Waals surface area (Å²) in [5.74, 6) is -0.992. The van der Waals surface area contributed by atoms with Crippen molar-refractivity contribution in [2.24, 2.45) is 11.7 Å². The van der Waals surface area contributed by atoms with Crippen LogP contribution in [0.15, 0.2) is 18.2 Å². The molecule has 2 nitrogen and oxygen atoms in total. The minimum absolute atomic E-state index is 0. The van der Waals surface area contributed by atoms with E-state index in [2.05, 4.69) is 11.8 Å². The van der Waals surface area contributed by atoms with Crippen molar-refractivity contribution in [3.8, 4) is 0 Å². The monoisotopic (exact) mass is 290 g/mol. The van der Waals surface area contributed by atoms with Crippen molar-refractivity contribution in [2.75, 3.05) is 13.1 Å². The van der Waals surface area contributed by atoms with E-state index in [1.54, 1.807) is 12.1 Å². The van der Waals surface area contributed by atoms with Gasteiger partial charge in [0.1, 0.15) is 0 Å². The Labute approximate surface area is 119 Å². The molecule has 1 aliphatic rings. The molecule has 1 aromatic carbocycles. The number of nitrogens with zero attached hydrogens (tertiary/aromatic N) is 1. The van der Waals surface area contributed by atoms with Crippen LogP contribution < -0.4 is 5.73 Å². The number of halogens is 3. The zero-order valence-electron chi connectivity index (χ0n) is 11.1. The highest BCUT2D eigenvalue weighted by atomic mass is 35.5. The van der Waals surface area contributed by atoms with Crippen molar-refractivity contribution in [1.29, 1.82) is 0 Å². The molecular formula is C14H21ClF2N2. The van der Waals surface area contributed by atoms with Crippen molar-refractivity contribution in [3.05, 3.63) is 35.4 Å². The van der Waals surface area contributed by atoms with Gasteiger partial charge in [0.2, 0.25) is 0 Å². The Morgan fingerprint density at radius 2 is 2.11 bits per heavy atom. The summed E-state index contributed by atoms with van der Waals surface area (Å²) in [6.07, 6.45) is 2.25. The first kappa shape index (κ1) is 16.3. The first-order valence-electron chi connectivity index (χ1n) is 6.50. The molecule has 0 radical (unpaired) electrons. The number of benzene rings is 1. The standard InChI is InChI=1S/C14H20F2N2.ClH/c1-10-4-3-7-18(13(10)8-17)9-11-5-2-6-12(15)14(11)16;/h2,5-6,10,13H,3-4,7-9,17H2,1H3;1H. The maximum absolute atomic E-state index is 13.7. The van der Waals surface area contributed by atoms with E-state index < -0.39 is 11.6 Å². The largest absolute Gasteiger partial charge is 0.329 e.